The molecular weight excluding hydrogens is 242 g/mol. The van der Waals surface area contributed by atoms with E-state index in [1.54, 1.807) is 7.11 Å². The minimum atomic E-state index is -0.158. The van der Waals surface area contributed by atoms with Crippen molar-refractivity contribution in [3.63, 3.8) is 0 Å². The van der Waals surface area contributed by atoms with Gasteiger partial charge in [-0.15, -0.1) is 0 Å². The van der Waals surface area contributed by atoms with Crippen molar-refractivity contribution >= 4 is 5.97 Å². The van der Waals surface area contributed by atoms with E-state index in [2.05, 4.69) is 12.2 Å². The maximum atomic E-state index is 12.0. The first-order valence-corrected chi connectivity index (χ1v) is 6.72. The van der Waals surface area contributed by atoms with E-state index < -0.39 is 0 Å². The third kappa shape index (κ3) is 3.96. The molecule has 1 N–H and O–H groups in total. The molecule has 1 heterocycles. The van der Waals surface area contributed by atoms with Crippen molar-refractivity contribution in [2.45, 2.75) is 32.4 Å². The Morgan fingerprint density at radius 2 is 2.32 bits per heavy atom. The van der Waals surface area contributed by atoms with Crippen LogP contribution >= 0.6 is 0 Å². The van der Waals surface area contributed by atoms with Gasteiger partial charge < -0.3 is 14.8 Å². The molecule has 2 atom stereocenters. The van der Waals surface area contributed by atoms with Gasteiger partial charge in [0.15, 0.2) is 0 Å². The highest BCUT2D eigenvalue weighted by atomic mass is 16.5. The molecule has 4 heteroatoms. The van der Waals surface area contributed by atoms with Crippen LogP contribution in [-0.4, -0.2) is 25.7 Å². The third-order valence-electron chi connectivity index (χ3n) is 3.47. The van der Waals surface area contributed by atoms with Crippen LogP contribution in [0.25, 0.3) is 0 Å². The van der Waals surface area contributed by atoms with E-state index in [1.807, 2.05) is 24.3 Å². The Morgan fingerprint density at radius 3 is 3.05 bits per heavy atom. The van der Waals surface area contributed by atoms with Crippen molar-refractivity contribution in [1.82, 2.24) is 5.32 Å². The molecule has 0 amide bonds. The zero-order valence-corrected chi connectivity index (χ0v) is 11.5. The third-order valence-corrected chi connectivity index (χ3v) is 3.47. The van der Waals surface area contributed by atoms with Crippen LogP contribution in [0, 0.1) is 5.92 Å². The predicted octanol–water partition coefficient (Wildman–Crippen LogP) is 2.13. The van der Waals surface area contributed by atoms with Crippen molar-refractivity contribution < 1.29 is 14.3 Å². The Hall–Kier alpha value is -1.55. The van der Waals surface area contributed by atoms with Crippen LogP contribution in [0.15, 0.2) is 24.3 Å². The van der Waals surface area contributed by atoms with Gasteiger partial charge in [0, 0.05) is 0 Å². The number of rotatable bonds is 4. The first kappa shape index (κ1) is 13.9. The molecule has 0 bridgehead atoms. The second-order valence-corrected chi connectivity index (χ2v) is 5.10. The lowest BCUT2D eigenvalue weighted by Crippen LogP contribution is -2.43. The molecule has 1 aliphatic rings. The van der Waals surface area contributed by atoms with E-state index in [9.17, 15) is 4.79 Å². The Morgan fingerprint density at radius 1 is 1.47 bits per heavy atom. The summed E-state index contributed by atoms with van der Waals surface area (Å²) < 4.78 is 10.5. The average molecular weight is 263 g/mol. The highest BCUT2D eigenvalue weighted by Gasteiger charge is 2.25. The molecule has 1 saturated heterocycles. The maximum Gasteiger partial charge on any atom is 0.323 e. The molecule has 1 aromatic carbocycles. The molecular formula is C15H21NO3. The molecule has 0 saturated carbocycles. The largest absolute Gasteiger partial charge is 0.497 e. The van der Waals surface area contributed by atoms with Gasteiger partial charge in [-0.3, -0.25) is 4.79 Å². The van der Waals surface area contributed by atoms with Crippen LogP contribution in [0.2, 0.25) is 0 Å². The molecule has 4 nitrogen and oxygen atoms in total. The minimum Gasteiger partial charge on any atom is -0.497 e. The lowest BCUT2D eigenvalue weighted by atomic mass is 9.94. The molecule has 1 aromatic rings. The quantitative estimate of drug-likeness (QED) is 0.845. The van der Waals surface area contributed by atoms with Gasteiger partial charge in [-0.1, -0.05) is 19.1 Å². The molecule has 2 unspecified atom stereocenters. The maximum absolute atomic E-state index is 12.0. The van der Waals surface area contributed by atoms with Gasteiger partial charge >= 0.3 is 5.97 Å². The van der Waals surface area contributed by atoms with Crippen molar-refractivity contribution in [2.75, 3.05) is 13.7 Å². The fourth-order valence-corrected chi connectivity index (χ4v) is 2.30. The zero-order valence-electron chi connectivity index (χ0n) is 11.5. The second kappa shape index (κ2) is 6.57. The zero-order chi connectivity index (χ0) is 13.7. The number of hydrogen-bond donors (Lipinski definition) is 1. The van der Waals surface area contributed by atoms with Crippen LogP contribution in [0.5, 0.6) is 5.75 Å². The molecule has 0 spiro atoms. The van der Waals surface area contributed by atoms with Gasteiger partial charge in [-0.05, 0) is 43.0 Å². The highest BCUT2D eigenvalue weighted by Crippen LogP contribution is 2.17. The Labute approximate surface area is 114 Å². The first-order chi connectivity index (χ1) is 9.19. The summed E-state index contributed by atoms with van der Waals surface area (Å²) in [6, 6.07) is 7.41. The number of methoxy groups -OCH3 is 1. The number of hydrogen-bond acceptors (Lipinski definition) is 4. The molecule has 104 valence electrons. The number of nitrogens with one attached hydrogen (secondary N) is 1. The summed E-state index contributed by atoms with van der Waals surface area (Å²) in [6.07, 6.45) is 1.98. The number of carbonyl (C=O) groups excluding carboxylic acids is 1. The van der Waals surface area contributed by atoms with Gasteiger partial charge in [0.2, 0.25) is 0 Å². The summed E-state index contributed by atoms with van der Waals surface area (Å²) in [4.78, 5) is 12.0. The second-order valence-electron chi connectivity index (χ2n) is 5.10. The van der Waals surface area contributed by atoms with Crippen LogP contribution in [0.4, 0.5) is 0 Å². The number of benzene rings is 1. The molecule has 0 aromatic heterocycles. The normalized spacial score (nSPS) is 22.8. The topological polar surface area (TPSA) is 47.6 Å². The van der Waals surface area contributed by atoms with Crippen LogP contribution < -0.4 is 10.1 Å². The van der Waals surface area contributed by atoms with E-state index in [-0.39, 0.29) is 12.0 Å². The monoisotopic (exact) mass is 263 g/mol. The van der Waals surface area contributed by atoms with Crippen molar-refractivity contribution in [1.29, 1.82) is 0 Å². The Bertz CT molecular complexity index is 433. The highest BCUT2D eigenvalue weighted by molar-refractivity contribution is 5.75. The van der Waals surface area contributed by atoms with Gasteiger partial charge in [0.05, 0.1) is 7.11 Å². The van der Waals surface area contributed by atoms with E-state index in [1.165, 1.54) is 0 Å². The standard InChI is InChI=1S/C15H21NO3/c1-11-6-7-16-14(8-11)15(17)19-10-12-4-3-5-13(9-12)18-2/h3-5,9,11,14,16H,6-8,10H2,1-2H3. The molecule has 0 aliphatic carbocycles. The van der Waals surface area contributed by atoms with Gasteiger partial charge in [0.25, 0.3) is 0 Å². The van der Waals surface area contributed by atoms with Gasteiger partial charge in [0.1, 0.15) is 18.4 Å². The van der Waals surface area contributed by atoms with Crippen LogP contribution in [-0.2, 0) is 16.1 Å². The van der Waals surface area contributed by atoms with Crippen LogP contribution in [0.3, 0.4) is 0 Å². The molecule has 19 heavy (non-hydrogen) atoms. The number of carbonyl (C=O) groups is 1. The molecule has 1 fully saturated rings. The summed E-state index contributed by atoms with van der Waals surface area (Å²) in [6.45, 7) is 3.35. The molecule has 1 aliphatic heterocycles. The molecule has 0 radical (unpaired) electrons. The van der Waals surface area contributed by atoms with Crippen molar-refractivity contribution in [3.8, 4) is 5.75 Å². The fourth-order valence-electron chi connectivity index (χ4n) is 2.30. The van der Waals surface area contributed by atoms with E-state index >= 15 is 0 Å². The summed E-state index contributed by atoms with van der Waals surface area (Å²) in [7, 11) is 1.62. The lowest BCUT2D eigenvalue weighted by Gasteiger charge is -2.26. The smallest absolute Gasteiger partial charge is 0.323 e. The lowest BCUT2D eigenvalue weighted by molar-refractivity contribution is -0.148. The number of piperidine rings is 1. The van der Waals surface area contributed by atoms with E-state index in [4.69, 9.17) is 9.47 Å². The van der Waals surface area contributed by atoms with E-state index in [0.717, 1.165) is 30.7 Å². The predicted molar refractivity (Wildman–Crippen MR) is 73.0 cm³/mol. The first-order valence-electron chi connectivity index (χ1n) is 6.72. The Kier molecular flexibility index (Phi) is 4.80. The number of ether oxygens (including phenoxy) is 2. The van der Waals surface area contributed by atoms with Gasteiger partial charge in [-0.25, -0.2) is 0 Å². The summed E-state index contributed by atoms with van der Waals surface area (Å²) >= 11 is 0. The summed E-state index contributed by atoms with van der Waals surface area (Å²) in [5, 5.41) is 3.21. The average Bonchev–Trinajstić information content (AvgIpc) is 2.45. The van der Waals surface area contributed by atoms with Gasteiger partial charge in [-0.2, -0.15) is 0 Å². The summed E-state index contributed by atoms with van der Waals surface area (Å²) in [5.41, 5.74) is 0.941. The van der Waals surface area contributed by atoms with Crippen molar-refractivity contribution in [2.24, 2.45) is 5.92 Å². The SMILES string of the molecule is COc1cccc(COC(=O)C2CC(C)CCN2)c1. The van der Waals surface area contributed by atoms with E-state index in [0.29, 0.717) is 12.5 Å². The minimum absolute atomic E-state index is 0.158. The Balaban J connectivity index is 1.85. The van der Waals surface area contributed by atoms with Crippen molar-refractivity contribution in [3.05, 3.63) is 29.8 Å². The molecule has 2 rings (SSSR count). The fraction of sp³-hybridized carbons (Fsp3) is 0.533. The summed E-state index contributed by atoms with van der Waals surface area (Å²) in [5.74, 6) is 1.20. The number of esters is 1. The van der Waals surface area contributed by atoms with Crippen LogP contribution in [0.1, 0.15) is 25.3 Å².